The molecule has 0 bridgehead atoms. The van der Waals surface area contributed by atoms with Crippen molar-refractivity contribution in [3.8, 4) is 0 Å². The van der Waals surface area contributed by atoms with Gasteiger partial charge in [-0.05, 0) is 37.5 Å². The van der Waals surface area contributed by atoms with Gasteiger partial charge in [-0.1, -0.05) is 23.7 Å². The fourth-order valence-electron chi connectivity index (χ4n) is 3.10. The van der Waals surface area contributed by atoms with Crippen LogP contribution < -0.4 is 0 Å². The van der Waals surface area contributed by atoms with Crippen LogP contribution in [-0.2, 0) is 9.59 Å². The maximum atomic E-state index is 12.6. The van der Waals surface area contributed by atoms with Crippen LogP contribution in [0.15, 0.2) is 24.3 Å². The lowest BCUT2D eigenvalue weighted by molar-refractivity contribution is -0.155. The Morgan fingerprint density at radius 3 is 2.90 bits per heavy atom. The van der Waals surface area contributed by atoms with Crippen LogP contribution >= 0.6 is 11.6 Å². The maximum Gasteiger partial charge on any atom is 0.246 e. The average Bonchev–Trinajstić information content (AvgIpc) is 2.92. The molecule has 1 aromatic rings. The van der Waals surface area contributed by atoms with Gasteiger partial charge in [-0.25, -0.2) is 0 Å². The van der Waals surface area contributed by atoms with Gasteiger partial charge in [0.2, 0.25) is 11.8 Å². The van der Waals surface area contributed by atoms with Crippen LogP contribution in [0, 0.1) is 0 Å². The Bertz CT molecular complexity index is 561. The molecule has 2 atom stereocenters. The third-order valence-electron chi connectivity index (χ3n) is 4.25. The lowest BCUT2D eigenvalue weighted by atomic mass is 10.0. The van der Waals surface area contributed by atoms with E-state index in [0.29, 0.717) is 11.6 Å². The smallest absolute Gasteiger partial charge is 0.246 e. The number of nitrogens with zero attached hydrogens (tertiary/aromatic N) is 2. The minimum atomic E-state index is -0.252. The Morgan fingerprint density at radius 1 is 1.35 bits per heavy atom. The van der Waals surface area contributed by atoms with Gasteiger partial charge in [-0.3, -0.25) is 9.59 Å². The lowest BCUT2D eigenvalue weighted by Gasteiger charge is -2.39. The number of amides is 2. The number of rotatable bonds is 2. The number of hydrogen-bond acceptors (Lipinski definition) is 2. The predicted octanol–water partition coefficient (Wildman–Crippen LogP) is 2.23. The van der Waals surface area contributed by atoms with E-state index in [9.17, 15) is 9.59 Å². The van der Waals surface area contributed by atoms with E-state index in [0.717, 1.165) is 18.4 Å². The quantitative estimate of drug-likeness (QED) is 0.839. The summed E-state index contributed by atoms with van der Waals surface area (Å²) in [5.41, 5.74) is 0.963. The number of benzene rings is 1. The Labute approximate surface area is 123 Å². The van der Waals surface area contributed by atoms with Gasteiger partial charge in [0.25, 0.3) is 0 Å². The van der Waals surface area contributed by atoms with Crippen molar-refractivity contribution < 1.29 is 9.59 Å². The Hall–Kier alpha value is -1.55. The van der Waals surface area contributed by atoms with Gasteiger partial charge in [-0.15, -0.1) is 0 Å². The van der Waals surface area contributed by atoms with Crippen LogP contribution in [0.1, 0.15) is 31.4 Å². The van der Waals surface area contributed by atoms with Crippen LogP contribution in [0.4, 0.5) is 0 Å². The van der Waals surface area contributed by atoms with E-state index >= 15 is 0 Å². The van der Waals surface area contributed by atoms with Crippen LogP contribution in [0.3, 0.4) is 0 Å². The topological polar surface area (TPSA) is 40.6 Å². The summed E-state index contributed by atoms with van der Waals surface area (Å²) in [6, 6.07) is 7.08. The number of hydrogen-bond donors (Lipinski definition) is 0. The molecular formula is C15H17ClN2O2. The first-order valence-corrected chi connectivity index (χ1v) is 7.31. The highest BCUT2D eigenvalue weighted by atomic mass is 35.5. The number of piperazine rings is 1. The molecule has 2 amide bonds. The van der Waals surface area contributed by atoms with Crippen LogP contribution in [0.5, 0.6) is 0 Å². The highest BCUT2D eigenvalue weighted by molar-refractivity contribution is 6.30. The first-order valence-electron chi connectivity index (χ1n) is 6.93. The SMILES string of the molecule is CC(c1cccc(Cl)c1)N1CC(=O)N2CCCC2C1=O. The molecule has 0 radical (unpaired) electrons. The molecule has 2 aliphatic rings. The maximum absolute atomic E-state index is 12.6. The van der Waals surface area contributed by atoms with Crippen molar-refractivity contribution in [3.05, 3.63) is 34.9 Å². The van der Waals surface area contributed by atoms with Gasteiger partial charge in [0.1, 0.15) is 12.6 Å². The van der Waals surface area contributed by atoms with E-state index in [1.165, 1.54) is 0 Å². The number of fused-ring (bicyclic) bond motifs is 1. The molecule has 2 heterocycles. The zero-order valence-corrected chi connectivity index (χ0v) is 12.1. The van der Waals surface area contributed by atoms with E-state index in [2.05, 4.69) is 0 Å². The fourth-order valence-corrected chi connectivity index (χ4v) is 3.30. The summed E-state index contributed by atoms with van der Waals surface area (Å²) >= 11 is 6.00. The van der Waals surface area contributed by atoms with Crippen molar-refractivity contribution >= 4 is 23.4 Å². The molecule has 2 saturated heterocycles. The summed E-state index contributed by atoms with van der Waals surface area (Å²) in [6.07, 6.45) is 1.70. The second kappa shape index (κ2) is 5.09. The zero-order chi connectivity index (χ0) is 14.3. The van der Waals surface area contributed by atoms with Gasteiger partial charge >= 0.3 is 0 Å². The monoisotopic (exact) mass is 292 g/mol. The summed E-state index contributed by atoms with van der Waals surface area (Å²) < 4.78 is 0. The molecule has 0 aliphatic carbocycles. The van der Waals surface area contributed by atoms with E-state index in [-0.39, 0.29) is 30.4 Å². The van der Waals surface area contributed by atoms with Crippen molar-refractivity contribution in [2.24, 2.45) is 0 Å². The Morgan fingerprint density at radius 2 is 2.15 bits per heavy atom. The van der Waals surface area contributed by atoms with Gasteiger partial charge in [-0.2, -0.15) is 0 Å². The van der Waals surface area contributed by atoms with E-state index in [1.807, 2.05) is 25.1 Å². The van der Waals surface area contributed by atoms with Gasteiger partial charge in [0, 0.05) is 11.6 Å². The van der Waals surface area contributed by atoms with E-state index in [1.54, 1.807) is 15.9 Å². The van der Waals surface area contributed by atoms with E-state index < -0.39 is 0 Å². The van der Waals surface area contributed by atoms with Crippen LogP contribution in [0.25, 0.3) is 0 Å². The molecule has 106 valence electrons. The Kier molecular flexibility index (Phi) is 3.42. The largest absolute Gasteiger partial charge is 0.329 e. The molecule has 0 saturated carbocycles. The van der Waals surface area contributed by atoms with Gasteiger partial charge in [0.15, 0.2) is 0 Å². The number of carbonyl (C=O) groups is 2. The molecule has 2 aliphatic heterocycles. The fraction of sp³-hybridized carbons (Fsp3) is 0.467. The first-order chi connectivity index (χ1) is 9.58. The summed E-state index contributed by atoms with van der Waals surface area (Å²) in [4.78, 5) is 28.1. The second-order valence-corrected chi connectivity index (χ2v) is 5.88. The molecule has 0 spiro atoms. The van der Waals surface area contributed by atoms with Crippen molar-refractivity contribution in [2.45, 2.75) is 31.8 Å². The molecule has 2 fully saturated rings. The van der Waals surface area contributed by atoms with Gasteiger partial charge in [0.05, 0.1) is 6.04 Å². The molecule has 5 heteroatoms. The molecule has 0 N–H and O–H groups in total. The Balaban J connectivity index is 1.86. The van der Waals surface area contributed by atoms with Crippen molar-refractivity contribution in [1.82, 2.24) is 9.80 Å². The van der Waals surface area contributed by atoms with E-state index in [4.69, 9.17) is 11.6 Å². The summed E-state index contributed by atoms with van der Waals surface area (Å²) in [5, 5.41) is 0.646. The molecule has 2 unspecified atom stereocenters. The third-order valence-corrected chi connectivity index (χ3v) is 4.48. The van der Waals surface area contributed by atoms with Crippen LogP contribution in [0.2, 0.25) is 5.02 Å². The summed E-state index contributed by atoms with van der Waals surface area (Å²) in [5.74, 6) is 0.121. The molecule has 1 aromatic carbocycles. The highest BCUT2D eigenvalue weighted by Crippen LogP contribution is 2.30. The number of carbonyl (C=O) groups excluding carboxylic acids is 2. The molecular weight excluding hydrogens is 276 g/mol. The summed E-state index contributed by atoms with van der Waals surface area (Å²) in [7, 11) is 0. The lowest BCUT2D eigenvalue weighted by Crippen LogP contribution is -2.57. The number of halogens is 1. The minimum Gasteiger partial charge on any atom is -0.329 e. The zero-order valence-electron chi connectivity index (χ0n) is 11.4. The third kappa shape index (κ3) is 2.18. The predicted molar refractivity (Wildman–Crippen MR) is 76.3 cm³/mol. The standard InChI is InChI=1S/C15H17ClN2O2/c1-10(11-4-2-5-12(16)8-11)18-9-14(19)17-7-3-6-13(17)15(18)20/h2,4-5,8,10,13H,3,6-7,9H2,1H3. The van der Waals surface area contributed by atoms with Gasteiger partial charge < -0.3 is 9.80 Å². The van der Waals surface area contributed by atoms with Crippen molar-refractivity contribution in [3.63, 3.8) is 0 Å². The first kappa shape index (κ1) is 13.4. The molecule has 4 nitrogen and oxygen atoms in total. The molecule has 0 aromatic heterocycles. The summed E-state index contributed by atoms with van der Waals surface area (Å²) in [6.45, 7) is 2.83. The average molecular weight is 293 g/mol. The highest BCUT2D eigenvalue weighted by Gasteiger charge is 2.43. The molecule has 20 heavy (non-hydrogen) atoms. The van der Waals surface area contributed by atoms with Crippen LogP contribution in [-0.4, -0.2) is 40.7 Å². The van der Waals surface area contributed by atoms with Crippen molar-refractivity contribution in [2.75, 3.05) is 13.1 Å². The normalized spacial score (nSPS) is 24.0. The molecule has 3 rings (SSSR count). The second-order valence-electron chi connectivity index (χ2n) is 5.44. The van der Waals surface area contributed by atoms with Crippen molar-refractivity contribution in [1.29, 1.82) is 0 Å². The minimum absolute atomic E-state index is 0.0565.